The van der Waals surface area contributed by atoms with Crippen LogP contribution in [0.2, 0.25) is 0 Å². The Balaban J connectivity index is 2.31. The van der Waals surface area contributed by atoms with Crippen LogP contribution in [0.1, 0.15) is 18.1 Å². The lowest BCUT2D eigenvalue weighted by Crippen LogP contribution is -2.37. The highest BCUT2D eigenvalue weighted by molar-refractivity contribution is 5.99. The van der Waals surface area contributed by atoms with E-state index in [1.165, 1.54) is 23.2 Å². The Morgan fingerprint density at radius 2 is 1.71 bits per heavy atom. The number of hydrogen-bond donors (Lipinski definition) is 1. The second-order valence-electron chi connectivity index (χ2n) is 4.94. The number of nitrogens with zero attached hydrogens (tertiary/aromatic N) is 3. The van der Waals surface area contributed by atoms with E-state index < -0.39 is 5.69 Å². The SMILES string of the molecule is C/C(=N/Nc1cc(=O)n(C)c(=O)n1C)c1ccc(C)cc1. The molecule has 0 spiro atoms. The quantitative estimate of drug-likeness (QED) is 0.681. The number of hydrogen-bond acceptors (Lipinski definition) is 4. The summed E-state index contributed by atoms with van der Waals surface area (Å²) < 4.78 is 2.38. The fraction of sp³-hybridized carbons (Fsp3) is 0.267. The first-order chi connectivity index (χ1) is 9.90. The van der Waals surface area contributed by atoms with Gasteiger partial charge in [0, 0.05) is 20.2 Å². The molecule has 0 fully saturated rings. The van der Waals surface area contributed by atoms with Crippen LogP contribution in [-0.2, 0) is 14.1 Å². The summed E-state index contributed by atoms with van der Waals surface area (Å²) in [4.78, 5) is 23.4. The van der Waals surface area contributed by atoms with E-state index in [9.17, 15) is 9.59 Å². The molecule has 0 radical (unpaired) electrons. The molecule has 110 valence electrons. The van der Waals surface area contributed by atoms with Crippen molar-refractivity contribution in [2.45, 2.75) is 13.8 Å². The van der Waals surface area contributed by atoms with Crippen LogP contribution in [0.5, 0.6) is 0 Å². The maximum absolute atomic E-state index is 11.8. The van der Waals surface area contributed by atoms with Crippen LogP contribution in [0.4, 0.5) is 5.82 Å². The van der Waals surface area contributed by atoms with Crippen molar-refractivity contribution < 1.29 is 0 Å². The van der Waals surface area contributed by atoms with Crippen LogP contribution in [0.25, 0.3) is 0 Å². The molecule has 6 heteroatoms. The third-order valence-corrected chi connectivity index (χ3v) is 3.33. The standard InChI is InChI=1S/C15H18N4O2/c1-10-5-7-12(8-6-10)11(2)16-17-13-9-14(20)19(4)15(21)18(13)3/h5-9,17H,1-4H3/b16-11-. The Kier molecular flexibility index (Phi) is 4.07. The average molecular weight is 286 g/mol. The Labute approximate surface area is 122 Å². The van der Waals surface area contributed by atoms with Crippen LogP contribution in [0.3, 0.4) is 0 Å². The average Bonchev–Trinajstić information content (AvgIpc) is 2.48. The normalized spacial score (nSPS) is 11.5. The van der Waals surface area contributed by atoms with Gasteiger partial charge in [-0.1, -0.05) is 29.8 Å². The van der Waals surface area contributed by atoms with Gasteiger partial charge in [0.1, 0.15) is 5.82 Å². The van der Waals surface area contributed by atoms with Gasteiger partial charge < -0.3 is 0 Å². The van der Waals surface area contributed by atoms with Crippen LogP contribution < -0.4 is 16.7 Å². The minimum atomic E-state index is -0.395. The van der Waals surface area contributed by atoms with Crippen molar-refractivity contribution in [3.8, 4) is 0 Å². The fourth-order valence-corrected chi connectivity index (χ4v) is 1.84. The molecule has 1 N–H and O–H groups in total. The minimum absolute atomic E-state index is 0.356. The summed E-state index contributed by atoms with van der Waals surface area (Å²) in [7, 11) is 3.02. The first-order valence-electron chi connectivity index (χ1n) is 6.54. The molecule has 0 aliphatic heterocycles. The summed E-state index contributed by atoms with van der Waals surface area (Å²) in [5.41, 5.74) is 4.92. The van der Waals surface area contributed by atoms with Gasteiger partial charge in [-0.15, -0.1) is 0 Å². The van der Waals surface area contributed by atoms with Crippen molar-refractivity contribution in [1.82, 2.24) is 9.13 Å². The first-order valence-corrected chi connectivity index (χ1v) is 6.54. The zero-order valence-electron chi connectivity index (χ0n) is 12.5. The van der Waals surface area contributed by atoms with Gasteiger partial charge in [-0.25, -0.2) is 4.79 Å². The smallest absolute Gasteiger partial charge is 0.281 e. The largest absolute Gasteiger partial charge is 0.332 e. The monoisotopic (exact) mass is 286 g/mol. The Hall–Kier alpha value is -2.63. The minimum Gasteiger partial charge on any atom is -0.281 e. The highest BCUT2D eigenvalue weighted by Crippen LogP contribution is 2.06. The highest BCUT2D eigenvalue weighted by atomic mass is 16.2. The number of hydrazone groups is 1. The van der Waals surface area contributed by atoms with Gasteiger partial charge in [-0.2, -0.15) is 5.10 Å². The zero-order valence-corrected chi connectivity index (χ0v) is 12.5. The molecular formula is C15H18N4O2. The maximum Gasteiger partial charge on any atom is 0.332 e. The fourth-order valence-electron chi connectivity index (χ4n) is 1.84. The molecule has 0 saturated heterocycles. The number of anilines is 1. The molecule has 0 atom stereocenters. The summed E-state index contributed by atoms with van der Waals surface area (Å²) in [6.07, 6.45) is 0. The van der Waals surface area contributed by atoms with Crippen LogP contribution in [0, 0.1) is 6.92 Å². The van der Waals surface area contributed by atoms with E-state index in [1.54, 1.807) is 7.05 Å². The molecule has 1 aromatic carbocycles. The van der Waals surface area contributed by atoms with Crippen LogP contribution in [-0.4, -0.2) is 14.8 Å². The molecule has 1 aromatic heterocycles. The second-order valence-corrected chi connectivity index (χ2v) is 4.94. The number of aryl methyl sites for hydroxylation is 1. The number of nitrogens with one attached hydrogen (secondary N) is 1. The first kappa shape index (κ1) is 14.8. The van der Waals surface area contributed by atoms with E-state index in [4.69, 9.17) is 0 Å². The lowest BCUT2D eigenvalue weighted by molar-refractivity contribution is 0.690. The summed E-state index contributed by atoms with van der Waals surface area (Å²) in [6, 6.07) is 9.29. The summed E-state index contributed by atoms with van der Waals surface area (Å²) in [5, 5.41) is 4.23. The third-order valence-electron chi connectivity index (χ3n) is 3.33. The van der Waals surface area contributed by atoms with Gasteiger partial charge in [0.25, 0.3) is 5.56 Å². The van der Waals surface area contributed by atoms with E-state index in [-0.39, 0.29) is 5.56 Å². The van der Waals surface area contributed by atoms with Gasteiger partial charge >= 0.3 is 5.69 Å². The summed E-state index contributed by atoms with van der Waals surface area (Å²) in [6.45, 7) is 3.88. The van der Waals surface area contributed by atoms with Crippen molar-refractivity contribution >= 4 is 11.5 Å². The number of rotatable bonds is 3. The number of benzene rings is 1. The molecule has 2 aromatic rings. The molecule has 1 heterocycles. The van der Waals surface area contributed by atoms with Gasteiger partial charge in [0.2, 0.25) is 0 Å². The molecule has 0 amide bonds. The molecule has 21 heavy (non-hydrogen) atoms. The van der Waals surface area contributed by atoms with E-state index in [2.05, 4.69) is 10.5 Å². The Morgan fingerprint density at radius 3 is 2.33 bits per heavy atom. The molecule has 0 saturated carbocycles. The van der Waals surface area contributed by atoms with Gasteiger partial charge in [0.05, 0.1) is 5.71 Å². The van der Waals surface area contributed by atoms with E-state index >= 15 is 0 Å². The molecule has 0 unspecified atom stereocenters. The Bertz CT molecular complexity index is 798. The van der Waals surface area contributed by atoms with E-state index in [0.29, 0.717) is 5.82 Å². The van der Waals surface area contributed by atoms with Crippen molar-refractivity contribution in [2.75, 3.05) is 5.43 Å². The van der Waals surface area contributed by atoms with Crippen LogP contribution >= 0.6 is 0 Å². The number of aromatic nitrogens is 2. The van der Waals surface area contributed by atoms with Crippen molar-refractivity contribution in [2.24, 2.45) is 19.2 Å². The topological polar surface area (TPSA) is 68.4 Å². The van der Waals surface area contributed by atoms with Crippen molar-refractivity contribution in [3.05, 3.63) is 62.3 Å². The molecule has 0 bridgehead atoms. The lowest BCUT2D eigenvalue weighted by Gasteiger charge is -2.09. The maximum atomic E-state index is 11.8. The molecule has 0 aliphatic carbocycles. The predicted molar refractivity (Wildman–Crippen MR) is 83.9 cm³/mol. The van der Waals surface area contributed by atoms with Gasteiger partial charge in [-0.3, -0.25) is 19.4 Å². The summed E-state index contributed by atoms with van der Waals surface area (Å²) in [5.74, 6) is 0.356. The zero-order chi connectivity index (χ0) is 15.6. The molecule has 6 nitrogen and oxygen atoms in total. The van der Waals surface area contributed by atoms with E-state index in [1.807, 2.05) is 38.1 Å². The lowest BCUT2D eigenvalue weighted by atomic mass is 10.1. The van der Waals surface area contributed by atoms with Gasteiger partial charge in [-0.05, 0) is 19.4 Å². The van der Waals surface area contributed by atoms with Crippen molar-refractivity contribution in [3.63, 3.8) is 0 Å². The second kappa shape index (κ2) is 5.78. The van der Waals surface area contributed by atoms with Crippen molar-refractivity contribution in [1.29, 1.82) is 0 Å². The van der Waals surface area contributed by atoms with Gasteiger partial charge in [0.15, 0.2) is 0 Å². The van der Waals surface area contributed by atoms with E-state index in [0.717, 1.165) is 15.8 Å². The third kappa shape index (κ3) is 3.10. The van der Waals surface area contributed by atoms with Crippen LogP contribution in [0.15, 0.2) is 45.0 Å². The Morgan fingerprint density at radius 1 is 1.10 bits per heavy atom. The molecule has 0 aliphatic rings. The highest BCUT2D eigenvalue weighted by Gasteiger charge is 2.05. The molecular weight excluding hydrogens is 268 g/mol. The predicted octanol–water partition coefficient (Wildman–Crippen LogP) is 1.23. The summed E-state index contributed by atoms with van der Waals surface area (Å²) >= 11 is 0. The molecule has 2 rings (SSSR count).